The molecular weight excluding hydrogens is 250 g/mol. The molecule has 0 aliphatic carbocycles. The van der Waals surface area contributed by atoms with Crippen molar-refractivity contribution in [2.24, 2.45) is 0 Å². The van der Waals surface area contributed by atoms with Crippen LogP contribution in [0.3, 0.4) is 0 Å². The van der Waals surface area contributed by atoms with E-state index in [2.05, 4.69) is 25.1 Å². The lowest BCUT2D eigenvalue weighted by Crippen LogP contribution is -1.97. The molecule has 0 radical (unpaired) electrons. The van der Waals surface area contributed by atoms with Crippen LogP contribution in [0, 0.1) is 11.3 Å². The summed E-state index contributed by atoms with van der Waals surface area (Å²) < 4.78 is 10.9. The van der Waals surface area contributed by atoms with Gasteiger partial charge in [0.05, 0.1) is 12.7 Å². The molecule has 0 fully saturated rings. The van der Waals surface area contributed by atoms with Gasteiger partial charge in [0.15, 0.2) is 0 Å². The van der Waals surface area contributed by atoms with Crippen molar-refractivity contribution in [1.82, 2.24) is 0 Å². The molecule has 0 aliphatic rings. The number of rotatable bonds is 5. The quantitative estimate of drug-likeness (QED) is 0.829. The Labute approximate surface area is 119 Å². The normalized spacial score (nSPS) is 9.85. The summed E-state index contributed by atoms with van der Waals surface area (Å²) in [5.74, 6) is 1.42. The molecule has 0 heterocycles. The highest BCUT2D eigenvalue weighted by Crippen LogP contribution is 2.21. The average molecular weight is 267 g/mol. The lowest BCUT2D eigenvalue weighted by Gasteiger charge is -2.09. The summed E-state index contributed by atoms with van der Waals surface area (Å²) in [6.45, 7) is 2.58. The first-order valence-electron chi connectivity index (χ1n) is 6.55. The number of hydrogen-bond donors (Lipinski definition) is 0. The lowest BCUT2D eigenvalue weighted by atomic mass is 10.1. The van der Waals surface area contributed by atoms with Gasteiger partial charge in [0, 0.05) is 0 Å². The van der Waals surface area contributed by atoms with Crippen LogP contribution in [0.2, 0.25) is 0 Å². The molecule has 0 N–H and O–H groups in total. The van der Waals surface area contributed by atoms with E-state index in [1.807, 2.05) is 24.3 Å². The fraction of sp³-hybridized carbons (Fsp3) is 0.235. The molecule has 2 aromatic carbocycles. The highest BCUT2D eigenvalue weighted by Gasteiger charge is 2.04. The maximum absolute atomic E-state index is 8.94. The zero-order valence-electron chi connectivity index (χ0n) is 11.7. The Morgan fingerprint density at radius 1 is 1.05 bits per heavy atom. The zero-order chi connectivity index (χ0) is 14.4. The van der Waals surface area contributed by atoms with Gasteiger partial charge < -0.3 is 9.47 Å². The Morgan fingerprint density at radius 3 is 2.35 bits per heavy atom. The van der Waals surface area contributed by atoms with Gasteiger partial charge in [-0.15, -0.1) is 0 Å². The molecule has 0 saturated heterocycles. The van der Waals surface area contributed by atoms with Crippen LogP contribution >= 0.6 is 0 Å². The molecule has 0 bridgehead atoms. The van der Waals surface area contributed by atoms with Crippen LogP contribution in [-0.2, 0) is 13.0 Å². The molecule has 102 valence electrons. The van der Waals surface area contributed by atoms with Crippen LogP contribution in [0.5, 0.6) is 11.5 Å². The van der Waals surface area contributed by atoms with E-state index in [9.17, 15) is 0 Å². The molecule has 3 heteroatoms. The Morgan fingerprint density at radius 2 is 1.75 bits per heavy atom. The van der Waals surface area contributed by atoms with Gasteiger partial charge in [-0.2, -0.15) is 5.26 Å². The maximum Gasteiger partial charge on any atom is 0.137 e. The Kier molecular flexibility index (Phi) is 4.62. The summed E-state index contributed by atoms with van der Waals surface area (Å²) in [5, 5.41) is 8.94. The van der Waals surface area contributed by atoms with Crippen molar-refractivity contribution in [3.05, 3.63) is 59.2 Å². The van der Waals surface area contributed by atoms with Crippen LogP contribution in [0.15, 0.2) is 42.5 Å². The van der Waals surface area contributed by atoms with Crippen LogP contribution in [0.1, 0.15) is 23.6 Å². The molecule has 3 nitrogen and oxygen atoms in total. The molecule has 0 atom stereocenters. The van der Waals surface area contributed by atoms with Crippen LogP contribution in [0.4, 0.5) is 0 Å². The Hall–Kier alpha value is -2.47. The van der Waals surface area contributed by atoms with E-state index in [0.717, 1.165) is 17.7 Å². The summed E-state index contributed by atoms with van der Waals surface area (Å²) >= 11 is 0. The smallest absolute Gasteiger partial charge is 0.137 e. The van der Waals surface area contributed by atoms with Gasteiger partial charge in [-0.25, -0.2) is 0 Å². The van der Waals surface area contributed by atoms with Gasteiger partial charge in [0.25, 0.3) is 0 Å². The first-order chi connectivity index (χ1) is 9.76. The van der Waals surface area contributed by atoms with Gasteiger partial charge in [0.2, 0.25) is 0 Å². The number of nitrogens with zero attached hydrogens (tertiary/aromatic N) is 1. The van der Waals surface area contributed by atoms with Crippen LogP contribution in [0.25, 0.3) is 0 Å². The molecular formula is C17H17NO2. The Balaban J connectivity index is 2.05. The molecule has 0 amide bonds. The molecule has 0 saturated carbocycles. The summed E-state index contributed by atoms with van der Waals surface area (Å²) in [7, 11) is 1.56. The number of hydrogen-bond acceptors (Lipinski definition) is 3. The van der Waals surface area contributed by atoms with E-state index in [1.165, 1.54) is 5.56 Å². The number of benzene rings is 2. The molecule has 0 spiro atoms. The fourth-order valence-corrected chi connectivity index (χ4v) is 1.91. The van der Waals surface area contributed by atoms with Crippen molar-refractivity contribution >= 4 is 0 Å². The molecule has 2 rings (SSSR count). The second kappa shape index (κ2) is 6.63. The predicted octanol–water partition coefficient (Wildman–Crippen LogP) is 3.71. The van der Waals surface area contributed by atoms with E-state index >= 15 is 0 Å². The summed E-state index contributed by atoms with van der Waals surface area (Å²) in [4.78, 5) is 0. The monoisotopic (exact) mass is 267 g/mol. The lowest BCUT2D eigenvalue weighted by molar-refractivity contribution is 0.305. The first kappa shape index (κ1) is 14.0. The molecule has 20 heavy (non-hydrogen) atoms. The molecule has 0 aromatic heterocycles. The van der Waals surface area contributed by atoms with E-state index in [-0.39, 0.29) is 0 Å². The molecule has 0 unspecified atom stereocenters. The van der Waals surface area contributed by atoms with Crippen molar-refractivity contribution < 1.29 is 9.47 Å². The van der Waals surface area contributed by atoms with Crippen molar-refractivity contribution in [3.63, 3.8) is 0 Å². The second-order valence-electron chi connectivity index (χ2n) is 4.43. The van der Waals surface area contributed by atoms with Crippen molar-refractivity contribution in [1.29, 1.82) is 5.26 Å². The van der Waals surface area contributed by atoms with Gasteiger partial charge in [-0.3, -0.25) is 0 Å². The highest BCUT2D eigenvalue weighted by molar-refractivity contribution is 5.45. The van der Waals surface area contributed by atoms with Gasteiger partial charge in [0.1, 0.15) is 24.2 Å². The largest absolute Gasteiger partial charge is 0.495 e. The van der Waals surface area contributed by atoms with Crippen molar-refractivity contribution in [2.45, 2.75) is 20.0 Å². The average Bonchev–Trinajstić information content (AvgIpc) is 2.53. The standard InChI is InChI=1S/C17H17NO2/c1-3-13-5-8-16(9-6-13)20-12-14-4-7-15(11-18)17(10-14)19-2/h4-10H,3,12H2,1-2H3. The van der Waals surface area contributed by atoms with Gasteiger partial charge in [-0.05, 0) is 41.8 Å². The second-order valence-corrected chi connectivity index (χ2v) is 4.43. The van der Waals surface area contributed by atoms with E-state index < -0.39 is 0 Å². The minimum atomic E-state index is 0.452. The number of methoxy groups -OCH3 is 1. The van der Waals surface area contributed by atoms with E-state index in [1.54, 1.807) is 13.2 Å². The third-order valence-corrected chi connectivity index (χ3v) is 3.12. The topological polar surface area (TPSA) is 42.2 Å². The number of nitriles is 1. The zero-order valence-corrected chi connectivity index (χ0v) is 11.7. The van der Waals surface area contributed by atoms with Crippen LogP contribution in [-0.4, -0.2) is 7.11 Å². The summed E-state index contributed by atoms with van der Waals surface area (Å²) in [6, 6.07) is 15.6. The third kappa shape index (κ3) is 3.30. The van der Waals surface area contributed by atoms with Gasteiger partial charge in [-0.1, -0.05) is 25.1 Å². The minimum absolute atomic E-state index is 0.452. The van der Waals surface area contributed by atoms with Gasteiger partial charge >= 0.3 is 0 Å². The third-order valence-electron chi connectivity index (χ3n) is 3.12. The summed E-state index contributed by atoms with van der Waals surface area (Å²) in [5.41, 5.74) is 2.79. The molecule has 2 aromatic rings. The maximum atomic E-state index is 8.94. The predicted molar refractivity (Wildman–Crippen MR) is 77.9 cm³/mol. The SMILES string of the molecule is CCc1ccc(OCc2ccc(C#N)c(OC)c2)cc1. The number of ether oxygens (including phenoxy) is 2. The highest BCUT2D eigenvalue weighted by atomic mass is 16.5. The fourth-order valence-electron chi connectivity index (χ4n) is 1.91. The van der Waals surface area contributed by atoms with Crippen LogP contribution < -0.4 is 9.47 Å². The van der Waals surface area contributed by atoms with Crippen molar-refractivity contribution in [2.75, 3.05) is 7.11 Å². The molecule has 0 aliphatic heterocycles. The minimum Gasteiger partial charge on any atom is -0.495 e. The summed E-state index contributed by atoms with van der Waals surface area (Å²) in [6.07, 6.45) is 1.02. The van der Waals surface area contributed by atoms with E-state index in [0.29, 0.717) is 17.9 Å². The number of aryl methyl sites for hydroxylation is 1. The Bertz CT molecular complexity index is 612. The van der Waals surface area contributed by atoms with E-state index in [4.69, 9.17) is 14.7 Å². The van der Waals surface area contributed by atoms with Crippen molar-refractivity contribution in [3.8, 4) is 17.6 Å². The first-order valence-corrected chi connectivity index (χ1v) is 6.55.